The van der Waals surface area contributed by atoms with Crippen LogP contribution in [-0.2, 0) is 0 Å². The summed E-state index contributed by atoms with van der Waals surface area (Å²) in [4.78, 5) is 0. The summed E-state index contributed by atoms with van der Waals surface area (Å²) in [6.45, 7) is 9.02. The molecule has 0 aromatic rings. The summed E-state index contributed by atoms with van der Waals surface area (Å²) in [5.41, 5.74) is 0. The van der Waals surface area contributed by atoms with Crippen molar-refractivity contribution >= 4 is 0 Å². The average Bonchev–Trinajstić information content (AvgIpc) is 2.01. The van der Waals surface area contributed by atoms with E-state index in [2.05, 4.69) is 27.7 Å². The van der Waals surface area contributed by atoms with E-state index in [0.717, 1.165) is 18.3 Å². The second-order valence-electron chi connectivity index (χ2n) is 5.78. The van der Waals surface area contributed by atoms with Crippen LogP contribution in [0, 0.1) is 23.7 Å². The van der Waals surface area contributed by atoms with Gasteiger partial charge in [-0.15, -0.1) is 0 Å². The van der Waals surface area contributed by atoms with Crippen LogP contribution in [0.3, 0.4) is 0 Å². The Morgan fingerprint density at radius 2 is 1.79 bits per heavy atom. The lowest BCUT2D eigenvalue weighted by molar-refractivity contribution is 0.0186. The molecule has 1 aliphatic rings. The van der Waals surface area contributed by atoms with E-state index in [1.165, 1.54) is 19.3 Å². The first-order valence-corrected chi connectivity index (χ1v) is 6.18. The third kappa shape index (κ3) is 3.27. The maximum absolute atomic E-state index is 10.0. The zero-order valence-corrected chi connectivity index (χ0v) is 10.2. The molecular formula is C13H26O. The minimum absolute atomic E-state index is 0.0347. The molecule has 84 valence electrons. The second kappa shape index (κ2) is 5.16. The fourth-order valence-electron chi connectivity index (χ4n) is 2.91. The molecule has 1 aliphatic carbocycles. The van der Waals surface area contributed by atoms with E-state index in [9.17, 15) is 5.11 Å². The standard InChI is InChI=1S/C13H26O/c1-9(2)7-11-5-6-12(10(3)4)13(14)8-11/h9-14H,5-8H2,1-4H3. The van der Waals surface area contributed by atoms with E-state index in [0.29, 0.717) is 11.8 Å². The van der Waals surface area contributed by atoms with Crippen molar-refractivity contribution in [2.75, 3.05) is 0 Å². The number of hydrogen-bond acceptors (Lipinski definition) is 1. The quantitative estimate of drug-likeness (QED) is 0.736. The van der Waals surface area contributed by atoms with Crippen LogP contribution >= 0.6 is 0 Å². The smallest absolute Gasteiger partial charge is 0.0573 e. The van der Waals surface area contributed by atoms with Gasteiger partial charge < -0.3 is 5.11 Å². The molecule has 1 N–H and O–H groups in total. The number of aliphatic hydroxyl groups excluding tert-OH is 1. The van der Waals surface area contributed by atoms with Crippen LogP contribution in [0.15, 0.2) is 0 Å². The SMILES string of the molecule is CC(C)CC1CCC(C(C)C)C(O)C1. The predicted octanol–water partition coefficient (Wildman–Crippen LogP) is 3.47. The summed E-state index contributed by atoms with van der Waals surface area (Å²) in [6.07, 6.45) is 4.87. The molecule has 0 amide bonds. The van der Waals surface area contributed by atoms with Crippen LogP contribution in [0.4, 0.5) is 0 Å². The van der Waals surface area contributed by atoms with Gasteiger partial charge in [0, 0.05) is 0 Å². The Bertz CT molecular complexity index is 163. The summed E-state index contributed by atoms with van der Waals surface area (Å²) in [5.74, 6) is 2.76. The Morgan fingerprint density at radius 3 is 2.21 bits per heavy atom. The summed E-state index contributed by atoms with van der Waals surface area (Å²) >= 11 is 0. The molecule has 1 rings (SSSR count). The molecule has 1 nitrogen and oxygen atoms in total. The van der Waals surface area contributed by atoms with Gasteiger partial charge in [0.25, 0.3) is 0 Å². The summed E-state index contributed by atoms with van der Waals surface area (Å²) in [6, 6.07) is 0. The lowest BCUT2D eigenvalue weighted by Crippen LogP contribution is -2.33. The van der Waals surface area contributed by atoms with E-state index in [1.807, 2.05) is 0 Å². The molecule has 0 aromatic carbocycles. The predicted molar refractivity (Wildman–Crippen MR) is 61.1 cm³/mol. The van der Waals surface area contributed by atoms with E-state index in [1.54, 1.807) is 0 Å². The van der Waals surface area contributed by atoms with Gasteiger partial charge in [-0.1, -0.05) is 27.7 Å². The van der Waals surface area contributed by atoms with Gasteiger partial charge in [-0.3, -0.25) is 0 Å². The molecule has 1 saturated carbocycles. The highest BCUT2D eigenvalue weighted by Gasteiger charge is 2.30. The van der Waals surface area contributed by atoms with Gasteiger partial charge in [-0.05, 0) is 49.4 Å². The molecule has 3 atom stereocenters. The van der Waals surface area contributed by atoms with Gasteiger partial charge in [0.1, 0.15) is 0 Å². The number of hydrogen-bond donors (Lipinski definition) is 1. The maximum Gasteiger partial charge on any atom is 0.0573 e. The maximum atomic E-state index is 10.0. The van der Waals surface area contributed by atoms with Crippen molar-refractivity contribution in [1.29, 1.82) is 0 Å². The molecule has 1 heteroatoms. The van der Waals surface area contributed by atoms with Crippen LogP contribution in [0.2, 0.25) is 0 Å². The highest BCUT2D eigenvalue weighted by atomic mass is 16.3. The largest absolute Gasteiger partial charge is 0.393 e. The first-order chi connectivity index (χ1) is 6.50. The van der Waals surface area contributed by atoms with Crippen LogP contribution in [0.5, 0.6) is 0 Å². The third-order valence-electron chi connectivity index (χ3n) is 3.64. The molecule has 0 saturated heterocycles. The van der Waals surface area contributed by atoms with Gasteiger partial charge in [-0.2, -0.15) is 0 Å². The van der Waals surface area contributed by atoms with E-state index >= 15 is 0 Å². The lowest BCUT2D eigenvalue weighted by atomic mass is 9.73. The fraction of sp³-hybridized carbons (Fsp3) is 1.00. The van der Waals surface area contributed by atoms with Crippen molar-refractivity contribution in [2.45, 2.75) is 59.5 Å². The topological polar surface area (TPSA) is 20.2 Å². The zero-order chi connectivity index (χ0) is 10.7. The molecule has 1 fully saturated rings. The molecule has 3 unspecified atom stereocenters. The van der Waals surface area contributed by atoms with Crippen molar-refractivity contribution in [3.8, 4) is 0 Å². The molecular weight excluding hydrogens is 172 g/mol. The van der Waals surface area contributed by atoms with Crippen LogP contribution in [-0.4, -0.2) is 11.2 Å². The van der Waals surface area contributed by atoms with Gasteiger partial charge in [-0.25, -0.2) is 0 Å². The Morgan fingerprint density at radius 1 is 1.14 bits per heavy atom. The molecule has 0 aliphatic heterocycles. The fourth-order valence-corrected chi connectivity index (χ4v) is 2.91. The third-order valence-corrected chi connectivity index (χ3v) is 3.64. The molecule has 0 radical (unpaired) electrons. The monoisotopic (exact) mass is 198 g/mol. The second-order valence-corrected chi connectivity index (χ2v) is 5.78. The number of rotatable bonds is 3. The molecule has 0 heterocycles. The summed E-state index contributed by atoms with van der Waals surface area (Å²) < 4.78 is 0. The van der Waals surface area contributed by atoms with Crippen LogP contribution in [0.1, 0.15) is 53.4 Å². The Kier molecular flexibility index (Phi) is 4.43. The minimum Gasteiger partial charge on any atom is -0.393 e. The first-order valence-electron chi connectivity index (χ1n) is 6.18. The normalized spacial score (nSPS) is 34.1. The minimum atomic E-state index is -0.0347. The van der Waals surface area contributed by atoms with Gasteiger partial charge in [0.15, 0.2) is 0 Å². The zero-order valence-electron chi connectivity index (χ0n) is 10.2. The molecule has 0 aromatic heterocycles. The van der Waals surface area contributed by atoms with E-state index in [4.69, 9.17) is 0 Å². The van der Waals surface area contributed by atoms with Crippen LogP contribution in [0.25, 0.3) is 0 Å². The van der Waals surface area contributed by atoms with Crippen molar-refractivity contribution in [1.82, 2.24) is 0 Å². The molecule has 0 spiro atoms. The number of aliphatic hydroxyl groups is 1. The van der Waals surface area contributed by atoms with E-state index < -0.39 is 0 Å². The van der Waals surface area contributed by atoms with Gasteiger partial charge in [0.2, 0.25) is 0 Å². The van der Waals surface area contributed by atoms with Crippen molar-refractivity contribution < 1.29 is 5.11 Å². The van der Waals surface area contributed by atoms with Crippen molar-refractivity contribution in [3.05, 3.63) is 0 Å². The summed E-state index contributed by atoms with van der Waals surface area (Å²) in [5, 5.41) is 10.0. The molecule has 14 heavy (non-hydrogen) atoms. The van der Waals surface area contributed by atoms with Gasteiger partial charge in [0.05, 0.1) is 6.10 Å². The Balaban J connectivity index is 2.39. The first kappa shape index (κ1) is 12.0. The van der Waals surface area contributed by atoms with Gasteiger partial charge >= 0.3 is 0 Å². The van der Waals surface area contributed by atoms with E-state index in [-0.39, 0.29) is 6.10 Å². The molecule has 0 bridgehead atoms. The Labute approximate surface area is 88.9 Å². The lowest BCUT2D eigenvalue weighted by Gasteiger charge is -2.36. The highest BCUT2D eigenvalue weighted by Crippen LogP contribution is 2.36. The Hall–Kier alpha value is -0.0400. The summed E-state index contributed by atoms with van der Waals surface area (Å²) in [7, 11) is 0. The van der Waals surface area contributed by atoms with Crippen molar-refractivity contribution in [3.63, 3.8) is 0 Å². The average molecular weight is 198 g/mol. The van der Waals surface area contributed by atoms with Crippen LogP contribution < -0.4 is 0 Å². The van der Waals surface area contributed by atoms with Crippen molar-refractivity contribution in [2.24, 2.45) is 23.7 Å². The highest BCUT2D eigenvalue weighted by molar-refractivity contribution is 4.81.